The van der Waals surface area contributed by atoms with Crippen molar-refractivity contribution >= 4 is 51.5 Å². The molecule has 0 spiro atoms. The Hall–Kier alpha value is -1.87. The van der Waals surface area contributed by atoms with Gasteiger partial charge in [-0.15, -0.1) is 0 Å². The number of ether oxygens (including phenoxy) is 1. The van der Waals surface area contributed by atoms with Gasteiger partial charge >= 0.3 is 5.69 Å². The Morgan fingerprint density at radius 3 is 2.59 bits per heavy atom. The number of nitro groups is 1. The van der Waals surface area contributed by atoms with Gasteiger partial charge in [0, 0.05) is 20.3 Å². The first-order valence-corrected chi connectivity index (χ1v) is 7.53. The molecule has 0 radical (unpaired) electrons. The van der Waals surface area contributed by atoms with Gasteiger partial charge in [-0.05, 0) is 59.0 Å². The van der Waals surface area contributed by atoms with Crippen LogP contribution in [-0.4, -0.2) is 17.4 Å². The number of nitrogens with one attached hydrogen (secondary N) is 1. The van der Waals surface area contributed by atoms with Crippen LogP contribution in [0.1, 0.15) is 0 Å². The van der Waals surface area contributed by atoms with Gasteiger partial charge in [-0.3, -0.25) is 14.9 Å². The molecule has 114 valence electrons. The second kappa shape index (κ2) is 7.41. The average molecular weight is 433 g/mol. The van der Waals surface area contributed by atoms with E-state index in [2.05, 4.69) is 27.9 Å². The monoisotopic (exact) mass is 432 g/mol. The summed E-state index contributed by atoms with van der Waals surface area (Å²) < 4.78 is 6.24. The van der Waals surface area contributed by atoms with Crippen molar-refractivity contribution in [2.75, 3.05) is 11.9 Å². The van der Waals surface area contributed by atoms with Crippen molar-refractivity contribution in [1.82, 2.24) is 0 Å². The Balaban J connectivity index is 1.99. The molecule has 1 N–H and O–H groups in total. The highest BCUT2D eigenvalue weighted by molar-refractivity contribution is 14.1. The fraction of sp³-hybridized carbons (Fsp3) is 0.0714. The molecule has 0 heterocycles. The minimum absolute atomic E-state index is 0.00726. The van der Waals surface area contributed by atoms with Crippen LogP contribution in [-0.2, 0) is 4.79 Å². The fourth-order valence-electron chi connectivity index (χ4n) is 1.63. The molecule has 2 aromatic rings. The third-order valence-electron chi connectivity index (χ3n) is 2.60. The molecule has 0 unspecified atom stereocenters. The highest BCUT2D eigenvalue weighted by atomic mass is 127. The lowest BCUT2D eigenvalue weighted by Crippen LogP contribution is -2.20. The molecule has 0 saturated heterocycles. The van der Waals surface area contributed by atoms with Crippen LogP contribution in [0.5, 0.6) is 5.75 Å². The van der Waals surface area contributed by atoms with Crippen LogP contribution in [0, 0.1) is 13.7 Å². The lowest BCUT2D eigenvalue weighted by molar-refractivity contribution is -0.385. The Labute approximate surface area is 144 Å². The molecule has 0 bridgehead atoms. The summed E-state index contributed by atoms with van der Waals surface area (Å²) >= 11 is 7.86. The molecule has 1 amide bonds. The maximum Gasteiger partial charge on any atom is 0.312 e. The summed E-state index contributed by atoms with van der Waals surface area (Å²) in [5.41, 5.74) is 0.342. The lowest BCUT2D eigenvalue weighted by atomic mass is 10.3. The number of carbonyl (C=O) groups excluding carboxylic acids is 1. The number of hydrogen-bond donors (Lipinski definition) is 1. The zero-order valence-electron chi connectivity index (χ0n) is 11.1. The predicted octanol–water partition coefficient (Wildman–Crippen LogP) is 3.87. The van der Waals surface area contributed by atoms with Gasteiger partial charge in [0.05, 0.1) is 4.92 Å². The van der Waals surface area contributed by atoms with Crippen LogP contribution >= 0.6 is 34.2 Å². The molecule has 0 fully saturated rings. The van der Waals surface area contributed by atoms with E-state index in [1.807, 2.05) is 12.1 Å². The molecule has 0 aliphatic rings. The first-order chi connectivity index (χ1) is 10.5. The second-order valence-corrected chi connectivity index (χ2v) is 5.89. The van der Waals surface area contributed by atoms with Crippen molar-refractivity contribution in [3.05, 3.63) is 61.2 Å². The van der Waals surface area contributed by atoms with Crippen molar-refractivity contribution in [3.8, 4) is 5.75 Å². The van der Waals surface area contributed by atoms with Crippen LogP contribution < -0.4 is 10.1 Å². The summed E-state index contributed by atoms with van der Waals surface area (Å²) in [7, 11) is 0. The van der Waals surface area contributed by atoms with Crippen molar-refractivity contribution in [2.24, 2.45) is 0 Å². The average Bonchev–Trinajstić information content (AvgIpc) is 2.48. The summed E-state index contributed by atoms with van der Waals surface area (Å²) in [6.45, 7) is -0.339. The molecule has 0 saturated carbocycles. The van der Waals surface area contributed by atoms with Gasteiger partial charge in [0.15, 0.2) is 12.4 Å². The first kappa shape index (κ1) is 16.5. The van der Waals surface area contributed by atoms with Gasteiger partial charge in [-0.25, -0.2) is 0 Å². The van der Waals surface area contributed by atoms with Crippen molar-refractivity contribution in [2.45, 2.75) is 0 Å². The first-order valence-electron chi connectivity index (χ1n) is 6.08. The van der Waals surface area contributed by atoms with E-state index < -0.39 is 10.8 Å². The zero-order valence-corrected chi connectivity index (χ0v) is 14.0. The molecular formula is C14H10ClIN2O4. The molecule has 2 rings (SSSR count). The van der Waals surface area contributed by atoms with Gasteiger partial charge < -0.3 is 10.1 Å². The Morgan fingerprint density at radius 1 is 1.27 bits per heavy atom. The zero-order chi connectivity index (χ0) is 16.1. The van der Waals surface area contributed by atoms with E-state index in [-0.39, 0.29) is 23.1 Å². The molecule has 2 aromatic carbocycles. The largest absolute Gasteiger partial charge is 0.477 e. The number of hydrogen-bond acceptors (Lipinski definition) is 4. The standard InChI is InChI=1S/C14H10ClIN2O4/c15-9-1-6-13(12(7-9)18(20)21)22-8-14(19)17-11-4-2-10(16)3-5-11/h1-7H,8H2,(H,17,19). The molecule has 0 aliphatic carbocycles. The van der Waals surface area contributed by atoms with E-state index in [4.69, 9.17) is 16.3 Å². The number of carbonyl (C=O) groups is 1. The number of amides is 1. The van der Waals surface area contributed by atoms with Gasteiger partial charge in [0.25, 0.3) is 5.91 Å². The predicted molar refractivity (Wildman–Crippen MR) is 91.4 cm³/mol. The molecule has 0 atom stereocenters. The maximum atomic E-state index is 11.8. The number of nitrogens with zero attached hydrogens (tertiary/aromatic N) is 1. The Bertz CT molecular complexity index is 706. The topological polar surface area (TPSA) is 81.5 Å². The van der Waals surface area contributed by atoms with Crippen molar-refractivity contribution in [1.29, 1.82) is 0 Å². The van der Waals surface area contributed by atoms with E-state index in [0.717, 1.165) is 3.57 Å². The third kappa shape index (κ3) is 4.57. The van der Waals surface area contributed by atoms with Gasteiger partial charge in [0.1, 0.15) is 0 Å². The quantitative estimate of drug-likeness (QED) is 0.442. The summed E-state index contributed by atoms with van der Waals surface area (Å²) in [6.07, 6.45) is 0. The van der Waals surface area contributed by atoms with Crippen molar-refractivity contribution in [3.63, 3.8) is 0 Å². The molecule has 6 nitrogen and oxygen atoms in total. The number of halogens is 2. The van der Waals surface area contributed by atoms with Gasteiger partial charge in [-0.2, -0.15) is 0 Å². The molecule has 0 aliphatic heterocycles. The summed E-state index contributed by atoms with van der Waals surface area (Å²) in [4.78, 5) is 22.1. The van der Waals surface area contributed by atoms with Gasteiger partial charge in [-0.1, -0.05) is 11.6 Å². The van der Waals surface area contributed by atoms with Crippen LogP contribution in [0.4, 0.5) is 11.4 Å². The number of benzene rings is 2. The van der Waals surface area contributed by atoms with E-state index in [9.17, 15) is 14.9 Å². The SMILES string of the molecule is O=C(COc1ccc(Cl)cc1[N+](=O)[O-])Nc1ccc(I)cc1. The molecular weight excluding hydrogens is 423 g/mol. The fourth-order valence-corrected chi connectivity index (χ4v) is 2.15. The number of rotatable bonds is 5. The highest BCUT2D eigenvalue weighted by Gasteiger charge is 2.16. The smallest absolute Gasteiger partial charge is 0.312 e. The molecule has 0 aromatic heterocycles. The van der Waals surface area contributed by atoms with Crippen LogP contribution in [0.3, 0.4) is 0 Å². The van der Waals surface area contributed by atoms with Crippen molar-refractivity contribution < 1.29 is 14.5 Å². The Kier molecular flexibility index (Phi) is 5.56. The normalized spacial score (nSPS) is 10.1. The molecule has 8 heteroatoms. The van der Waals surface area contributed by atoms with E-state index in [0.29, 0.717) is 5.69 Å². The third-order valence-corrected chi connectivity index (χ3v) is 3.56. The highest BCUT2D eigenvalue weighted by Crippen LogP contribution is 2.29. The number of nitro benzene ring substituents is 1. The van der Waals surface area contributed by atoms with Crippen LogP contribution in [0.2, 0.25) is 5.02 Å². The van der Waals surface area contributed by atoms with E-state index >= 15 is 0 Å². The lowest BCUT2D eigenvalue weighted by Gasteiger charge is -2.08. The van der Waals surface area contributed by atoms with E-state index in [1.54, 1.807) is 12.1 Å². The summed E-state index contributed by atoms with van der Waals surface area (Å²) in [5.74, 6) is -0.419. The second-order valence-electron chi connectivity index (χ2n) is 4.21. The number of anilines is 1. The summed E-state index contributed by atoms with van der Waals surface area (Å²) in [5, 5.41) is 13.8. The maximum absolute atomic E-state index is 11.8. The Morgan fingerprint density at radius 2 is 1.95 bits per heavy atom. The van der Waals surface area contributed by atoms with Crippen LogP contribution in [0.15, 0.2) is 42.5 Å². The van der Waals surface area contributed by atoms with Crippen LogP contribution in [0.25, 0.3) is 0 Å². The minimum atomic E-state index is -0.613. The molecule has 22 heavy (non-hydrogen) atoms. The van der Waals surface area contributed by atoms with E-state index in [1.165, 1.54) is 18.2 Å². The van der Waals surface area contributed by atoms with Gasteiger partial charge in [0.2, 0.25) is 0 Å². The minimum Gasteiger partial charge on any atom is -0.477 e. The summed E-state index contributed by atoms with van der Waals surface area (Å²) in [6, 6.07) is 11.2.